The van der Waals surface area contributed by atoms with Crippen molar-refractivity contribution in [3.05, 3.63) is 41.3 Å². The summed E-state index contributed by atoms with van der Waals surface area (Å²) in [6, 6.07) is 1.62. The van der Waals surface area contributed by atoms with Crippen molar-refractivity contribution in [3.8, 4) is 0 Å². The second kappa shape index (κ2) is 4.72. The summed E-state index contributed by atoms with van der Waals surface area (Å²) in [7, 11) is 0. The predicted octanol–water partition coefficient (Wildman–Crippen LogP) is 2.39. The first-order valence-electron chi connectivity index (χ1n) is 5.20. The van der Waals surface area contributed by atoms with Crippen molar-refractivity contribution in [2.45, 2.75) is 25.9 Å². The molecule has 0 spiro atoms. The van der Waals surface area contributed by atoms with Gasteiger partial charge in [-0.25, -0.2) is 4.98 Å². The second-order valence-corrected chi connectivity index (χ2v) is 3.93. The van der Waals surface area contributed by atoms with Crippen molar-refractivity contribution in [2.24, 2.45) is 5.73 Å². The molecule has 4 nitrogen and oxygen atoms in total. The van der Waals surface area contributed by atoms with Crippen LogP contribution >= 0.6 is 11.6 Å². The fraction of sp³-hybridized carbons (Fsp3) is 0.364. The van der Waals surface area contributed by atoms with Crippen molar-refractivity contribution in [1.82, 2.24) is 9.55 Å². The van der Waals surface area contributed by atoms with E-state index in [1.165, 1.54) is 0 Å². The van der Waals surface area contributed by atoms with Crippen molar-refractivity contribution < 1.29 is 4.42 Å². The molecule has 0 saturated carbocycles. The molecule has 0 aromatic carbocycles. The second-order valence-electron chi connectivity index (χ2n) is 3.59. The monoisotopic (exact) mass is 239 g/mol. The van der Waals surface area contributed by atoms with Crippen LogP contribution in [0.25, 0.3) is 0 Å². The Morgan fingerprint density at radius 1 is 1.62 bits per heavy atom. The van der Waals surface area contributed by atoms with Gasteiger partial charge in [0, 0.05) is 37.0 Å². The maximum Gasteiger partial charge on any atom is 0.197 e. The summed E-state index contributed by atoms with van der Waals surface area (Å²) in [5.41, 5.74) is 6.88. The quantitative estimate of drug-likeness (QED) is 0.891. The van der Waals surface area contributed by atoms with E-state index in [1.807, 2.05) is 6.20 Å². The number of aryl methyl sites for hydroxylation is 1. The van der Waals surface area contributed by atoms with E-state index >= 15 is 0 Å². The van der Waals surface area contributed by atoms with E-state index in [0.717, 1.165) is 17.9 Å². The Balaban J connectivity index is 2.13. The van der Waals surface area contributed by atoms with Crippen LogP contribution in [0.2, 0.25) is 5.22 Å². The standard InChI is InChI=1S/C11H14ClN3O/c1-2-15-5-4-14-10(15)7-9(13)8-3-6-16-11(8)12/h3-6,9H,2,7,13H2,1H3. The van der Waals surface area contributed by atoms with E-state index in [4.69, 9.17) is 21.8 Å². The SMILES string of the molecule is CCn1ccnc1CC(N)c1ccoc1Cl. The van der Waals surface area contributed by atoms with Crippen LogP contribution in [0.3, 0.4) is 0 Å². The highest BCUT2D eigenvalue weighted by atomic mass is 35.5. The molecule has 0 fully saturated rings. The average molecular weight is 240 g/mol. The predicted molar refractivity (Wildman–Crippen MR) is 62.3 cm³/mol. The number of aromatic nitrogens is 2. The van der Waals surface area contributed by atoms with Crippen molar-refractivity contribution in [1.29, 1.82) is 0 Å². The summed E-state index contributed by atoms with van der Waals surface area (Å²) >= 11 is 5.87. The molecule has 0 radical (unpaired) electrons. The lowest BCUT2D eigenvalue weighted by Gasteiger charge is -2.10. The van der Waals surface area contributed by atoms with Gasteiger partial charge in [-0.05, 0) is 24.6 Å². The van der Waals surface area contributed by atoms with E-state index in [2.05, 4.69) is 16.5 Å². The zero-order valence-electron chi connectivity index (χ0n) is 9.06. The Hall–Kier alpha value is -1.26. The molecule has 2 rings (SSSR count). The van der Waals surface area contributed by atoms with Crippen molar-refractivity contribution in [2.75, 3.05) is 0 Å². The third-order valence-electron chi connectivity index (χ3n) is 2.59. The van der Waals surface area contributed by atoms with E-state index in [9.17, 15) is 0 Å². The normalized spacial score (nSPS) is 12.9. The highest BCUT2D eigenvalue weighted by Crippen LogP contribution is 2.24. The molecule has 0 aliphatic rings. The number of halogens is 1. The first-order valence-corrected chi connectivity index (χ1v) is 5.58. The highest BCUT2D eigenvalue weighted by Gasteiger charge is 2.15. The largest absolute Gasteiger partial charge is 0.453 e. The molecular weight excluding hydrogens is 226 g/mol. The Bertz CT molecular complexity index is 463. The van der Waals surface area contributed by atoms with E-state index < -0.39 is 0 Å². The van der Waals surface area contributed by atoms with Crippen LogP contribution in [0.5, 0.6) is 0 Å². The highest BCUT2D eigenvalue weighted by molar-refractivity contribution is 6.29. The Labute approximate surface area is 99.0 Å². The van der Waals surface area contributed by atoms with Crippen LogP contribution in [-0.4, -0.2) is 9.55 Å². The van der Waals surface area contributed by atoms with Crippen LogP contribution in [0.1, 0.15) is 24.4 Å². The molecule has 5 heteroatoms. The van der Waals surface area contributed by atoms with E-state index in [0.29, 0.717) is 11.6 Å². The van der Waals surface area contributed by atoms with Gasteiger partial charge in [-0.3, -0.25) is 0 Å². The fourth-order valence-electron chi connectivity index (χ4n) is 1.69. The lowest BCUT2D eigenvalue weighted by Crippen LogP contribution is -2.16. The van der Waals surface area contributed by atoms with Gasteiger partial charge >= 0.3 is 0 Å². The number of furan rings is 1. The van der Waals surface area contributed by atoms with E-state index in [-0.39, 0.29) is 6.04 Å². The average Bonchev–Trinajstić information content (AvgIpc) is 2.86. The molecule has 2 aromatic heterocycles. The molecule has 0 bridgehead atoms. The molecule has 16 heavy (non-hydrogen) atoms. The topological polar surface area (TPSA) is 57.0 Å². The van der Waals surface area contributed by atoms with Crippen molar-refractivity contribution in [3.63, 3.8) is 0 Å². The van der Waals surface area contributed by atoms with Gasteiger partial charge < -0.3 is 14.7 Å². The number of hydrogen-bond donors (Lipinski definition) is 1. The minimum Gasteiger partial charge on any atom is -0.453 e. The maximum atomic E-state index is 6.06. The van der Waals surface area contributed by atoms with Crippen LogP contribution in [-0.2, 0) is 13.0 Å². The Morgan fingerprint density at radius 3 is 3.06 bits per heavy atom. The number of nitrogens with two attached hydrogens (primary N) is 1. The summed E-state index contributed by atoms with van der Waals surface area (Å²) in [5, 5.41) is 0.363. The van der Waals surface area contributed by atoms with Crippen LogP contribution in [0.15, 0.2) is 29.1 Å². The molecular formula is C11H14ClN3O. The fourth-order valence-corrected chi connectivity index (χ4v) is 1.95. The minimum atomic E-state index is -0.182. The number of hydrogen-bond acceptors (Lipinski definition) is 3. The van der Waals surface area contributed by atoms with Gasteiger partial charge in [0.05, 0.1) is 6.26 Å². The Kier molecular flexibility index (Phi) is 3.31. The maximum absolute atomic E-state index is 6.06. The molecule has 1 atom stereocenters. The van der Waals surface area contributed by atoms with Gasteiger partial charge in [0.15, 0.2) is 5.22 Å². The molecule has 2 heterocycles. The van der Waals surface area contributed by atoms with Gasteiger partial charge in [-0.15, -0.1) is 0 Å². The van der Waals surface area contributed by atoms with Crippen molar-refractivity contribution >= 4 is 11.6 Å². The Morgan fingerprint density at radius 2 is 2.44 bits per heavy atom. The molecule has 0 aliphatic carbocycles. The summed E-state index contributed by atoms with van der Waals surface area (Å²) in [6.07, 6.45) is 5.92. The lowest BCUT2D eigenvalue weighted by atomic mass is 10.1. The zero-order chi connectivity index (χ0) is 11.5. The molecule has 0 saturated heterocycles. The molecule has 2 aromatic rings. The van der Waals surface area contributed by atoms with Gasteiger partial charge in [-0.1, -0.05) is 0 Å². The smallest absolute Gasteiger partial charge is 0.197 e. The number of rotatable bonds is 4. The van der Waals surface area contributed by atoms with Crippen LogP contribution < -0.4 is 5.73 Å². The summed E-state index contributed by atoms with van der Waals surface area (Å²) < 4.78 is 7.08. The third kappa shape index (κ3) is 2.13. The van der Waals surface area contributed by atoms with Gasteiger partial charge in [0.25, 0.3) is 0 Å². The molecule has 2 N–H and O–H groups in total. The molecule has 1 unspecified atom stereocenters. The molecule has 0 amide bonds. The summed E-state index contributed by atoms with van der Waals surface area (Å²) in [5.74, 6) is 0.965. The first kappa shape index (κ1) is 11.2. The zero-order valence-corrected chi connectivity index (χ0v) is 9.81. The van der Waals surface area contributed by atoms with Gasteiger partial charge in [-0.2, -0.15) is 0 Å². The van der Waals surface area contributed by atoms with E-state index in [1.54, 1.807) is 18.5 Å². The third-order valence-corrected chi connectivity index (χ3v) is 2.90. The summed E-state index contributed by atoms with van der Waals surface area (Å²) in [6.45, 7) is 2.96. The molecule has 86 valence electrons. The van der Waals surface area contributed by atoms with Gasteiger partial charge in [0.2, 0.25) is 0 Å². The lowest BCUT2D eigenvalue weighted by molar-refractivity contribution is 0.557. The van der Waals surface area contributed by atoms with Crippen LogP contribution in [0.4, 0.5) is 0 Å². The van der Waals surface area contributed by atoms with Crippen LogP contribution in [0, 0.1) is 0 Å². The minimum absolute atomic E-state index is 0.182. The first-order chi connectivity index (χ1) is 7.72. The van der Waals surface area contributed by atoms with Gasteiger partial charge in [0.1, 0.15) is 5.82 Å². The number of nitrogens with zero attached hydrogens (tertiary/aromatic N) is 2. The molecule has 0 aliphatic heterocycles. The summed E-state index contributed by atoms with van der Waals surface area (Å²) in [4.78, 5) is 4.28. The number of imidazole rings is 1.